The second-order valence-electron chi connectivity index (χ2n) is 5.98. The van der Waals surface area contributed by atoms with Crippen LogP contribution in [0.2, 0.25) is 0 Å². The number of benzene rings is 2. The van der Waals surface area contributed by atoms with Crippen LogP contribution in [-0.4, -0.2) is 15.0 Å². The zero-order valence-electron chi connectivity index (χ0n) is 14.2. The highest BCUT2D eigenvalue weighted by molar-refractivity contribution is 5.87. The summed E-state index contributed by atoms with van der Waals surface area (Å²) in [5, 5.41) is 3.07. The summed E-state index contributed by atoms with van der Waals surface area (Å²) < 4.78 is 26.1. The smallest absolute Gasteiger partial charge is 0.225 e. The predicted molar refractivity (Wildman–Crippen MR) is 101 cm³/mol. The summed E-state index contributed by atoms with van der Waals surface area (Å²) in [6.07, 6.45) is 0. The maximum atomic E-state index is 13.1. The van der Waals surface area contributed by atoms with Crippen molar-refractivity contribution >= 4 is 22.8 Å². The molecule has 0 spiro atoms. The Morgan fingerprint density at radius 2 is 1.44 bits per heavy atom. The minimum absolute atomic E-state index is 0.241. The molecule has 0 atom stereocenters. The van der Waals surface area contributed by atoms with E-state index in [2.05, 4.69) is 20.3 Å². The van der Waals surface area contributed by atoms with Gasteiger partial charge in [0.25, 0.3) is 0 Å². The first-order valence-corrected chi connectivity index (χ1v) is 8.27. The summed E-state index contributed by atoms with van der Waals surface area (Å²) in [6.45, 7) is 0.437. The average molecular weight is 363 g/mol. The molecule has 134 valence electrons. The van der Waals surface area contributed by atoms with Crippen molar-refractivity contribution in [1.29, 1.82) is 0 Å². The molecule has 0 bridgehead atoms. The number of nitrogens with two attached hydrogens (primary N) is 1. The third-order valence-corrected chi connectivity index (χ3v) is 4.07. The first-order chi connectivity index (χ1) is 13.1. The zero-order valence-corrected chi connectivity index (χ0v) is 14.2. The van der Waals surface area contributed by atoms with Gasteiger partial charge in [-0.2, -0.15) is 4.98 Å². The number of nitrogens with one attached hydrogen (secondary N) is 1. The maximum absolute atomic E-state index is 13.1. The number of rotatable bonds is 4. The lowest BCUT2D eigenvalue weighted by molar-refractivity contribution is 0.627. The third-order valence-electron chi connectivity index (χ3n) is 4.07. The summed E-state index contributed by atoms with van der Waals surface area (Å²) in [7, 11) is 0. The fourth-order valence-corrected chi connectivity index (χ4v) is 2.68. The Bertz CT molecular complexity index is 1100. The summed E-state index contributed by atoms with van der Waals surface area (Å²) in [4.78, 5) is 13.2. The van der Waals surface area contributed by atoms with E-state index in [4.69, 9.17) is 5.73 Å². The van der Waals surface area contributed by atoms with Crippen molar-refractivity contribution in [2.24, 2.45) is 0 Å². The number of pyridine rings is 1. The molecule has 3 N–H and O–H groups in total. The van der Waals surface area contributed by atoms with Gasteiger partial charge in [0.2, 0.25) is 5.95 Å². The molecule has 0 aliphatic carbocycles. The lowest BCUT2D eigenvalue weighted by Gasteiger charge is -2.09. The quantitative estimate of drug-likeness (QED) is 0.569. The first kappa shape index (κ1) is 16.8. The summed E-state index contributed by atoms with van der Waals surface area (Å²) in [5.74, 6) is 0.0125. The molecule has 0 amide bonds. The van der Waals surface area contributed by atoms with E-state index in [1.54, 1.807) is 36.4 Å². The Labute approximate surface area is 153 Å². The summed E-state index contributed by atoms with van der Waals surface area (Å²) in [6, 6.07) is 15.8. The average Bonchev–Trinajstić information content (AvgIpc) is 2.68. The van der Waals surface area contributed by atoms with E-state index in [0.717, 1.165) is 11.1 Å². The molecular formula is C20H15F2N5. The molecule has 0 aliphatic heterocycles. The van der Waals surface area contributed by atoms with Crippen LogP contribution in [0.1, 0.15) is 5.56 Å². The molecule has 27 heavy (non-hydrogen) atoms. The van der Waals surface area contributed by atoms with Crippen LogP contribution >= 0.6 is 0 Å². The molecule has 5 nitrogen and oxygen atoms in total. The van der Waals surface area contributed by atoms with Gasteiger partial charge in [-0.05, 0) is 54.1 Å². The molecule has 4 aromatic rings. The summed E-state index contributed by atoms with van der Waals surface area (Å²) >= 11 is 0. The fraction of sp³-hybridized carbons (Fsp3) is 0.0500. The second-order valence-corrected chi connectivity index (χ2v) is 5.98. The monoisotopic (exact) mass is 363 g/mol. The van der Waals surface area contributed by atoms with Crippen molar-refractivity contribution in [3.63, 3.8) is 0 Å². The molecular weight excluding hydrogens is 348 g/mol. The molecule has 0 saturated heterocycles. The molecule has 0 unspecified atom stereocenters. The Morgan fingerprint density at radius 3 is 2.15 bits per heavy atom. The van der Waals surface area contributed by atoms with E-state index in [1.165, 1.54) is 24.3 Å². The lowest BCUT2D eigenvalue weighted by atomic mass is 10.1. The van der Waals surface area contributed by atoms with Crippen LogP contribution in [0.5, 0.6) is 0 Å². The van der Waals surface area contributed by atoms with Gasteiger partial charge in [0, 0.05) is 12.1 Å². The van der Waals surface area contributed by atoms with Crippen LogP contribution < -0.4 is 11.1 Å². The molecule has 0 saturated carbocycles. The minimum Gasteiger partial charge on any atom is -0.382 e. The lowest BCUT2D eigenvalue weighted by Crippen LogP contribution is -2.06. The SMILES string of the molecule is Nc1nc(NCc2ccc(F)cc2)nc2ccc(-c3ccc(F)cc3)nc12. The molecule has 0 aliphatic rings. The van der Waals surface area contributed by atoms with Crippen LogP contribution in [0, 0.1) is 11.6 Å². The van der Waals surface area contributed by atoms with Crippen molar-refractivity contribution in [2.45, 2.75) is 6.54 Å². The van der Waals surface area contributed by atoms with E-state index in [1.807, 2.05) is 0 Å². The number of nitrogens with zero attached hydrogens (tertiary/aromatic N) is 3. The van der Waals surface area contributed by atoms with Crippen molar-refractivity contribution < 1.29 is 8.78 Å². The highest BCUT2D eigenvalue weighted by Crippen LogP contribution is 2.24. The van der Waals surface area contributed by atoms with Gasteiger partial charge >= 0.3 is 0 Å². The topological polar surface area (TPSA) is 76.7 Å². The number of anilines is 2. The van der Waals surface area contributed by atoms with E-state index in [0.29, 0.717) is 29.2 Å². The molecule has 4 rings (SSSR count). The summed E-state index contributed by atoms with van der Waals surface area (Å²) in [5.41, 5.74) is 9.45. The Balaban J connectivity index is 1.60. The fourth-order valence-electron chi connectivity index (χ4n) is 2.68. The minimum atomic E-state index is -0.306. The van der Waals surface area contributed by atoms with Gasteiger partial charge in [-0.1, -0.05) is 12.1 Å². The number of aromatic nitrogens is 3. The number of hydrogen-bond acceptors (Lipinski definition) is 5. The zero-order chi connectivity index (χ0) is 18.8. The van der Waals surface area contributed by atoms with Gasteiger partial charge in [0.05, 0.1) is 11.2 Å². The Hall–Kier alpha value is -3.61. The number of nitrogen functional groups attached to an aromatic ring is 1. The molecule has 2 aromatic carbocycles. The largest absolute Gasteiger partial charge is 0.382 e. The van der Waals surface area contributed by atoms with Crippen LogP contribution in [0.4, 0.5) is 20.5 Å². The Morgan fingerprint density at radius 1 is 0.778 bits per heavy atom. The molecule has 0 radical (unpaired) electrons. The highest BCUT2D eigenvalue weighted by atomic mass is 19.1. The first-order valence-electron chi connectivity index (χ1n) is 8.27. The molecule has 2 heterocycles. The number of halogens is 2. The highest BCUT2D eigenvalue weighted by Gasteiger charge is 2.09. The third kappa shape index (κ3) is 3.67. The number of fused-ring (bicyclic) bond motifs is 1. The van der Waals surface area contributed by atoms with Crippen LogP contribution in [0.3, 0.4) is 0 Å². The van der Waals surface area contributed by atoms with E-state index in [9.17, 15) is 8.78 Å². The van der Waals surface area contributed by atoms with Crippen molar-refractivity contribution in [3.05, 3.63) is 77.9 Å². The van der Waals surface area contributed by atoms with Gasteiger partial charge < -0.3 is 11.1 Å². The maximum Gasteiger partial charge on any atom is 0.225 e. The standard InChI is InChI=1S/C20H15F2N5/c21-14-5-1-12(2-6-14)11-24-20-26-17-10-9-16(25-18(17)19(23)27-20)13-3-7-15(22)8-4-13/h1-10H,11H2,(H3,23,24,26,27). The molecule has 7 heteroatoms. The molecule has 2 aromatic heterocycles. The van der Waals surface area contributed by atoms with Gasteiger partial charge in [0.1, 0.15) is 17.2 Å². The van der Waals surface area contributed by atoms with Gasteiger partial charge in [-0.15, -0.1) is 0 Å². The molecule has 0 fully saturated rings. The van der Waals surface area contributed by atoms with Gasteiger partial charge in [0.15, 0.2) is 5.82 Å². The van der Waals surface area contributed by atoms with E-state index in [-0.39, 0.29) is 17.5 Å². The van der Waals surface area contributed by atoms with Crippen LogP contribution in [0.15, 0.2) is 60.7 Å². The number of hydrogen-bond donors (Lipinski definition) is 2. The van der Waals surface area contributed by atoms with Crippen LogP contribution in [0.25, 0.3) is 22.3 Å². The normalized spacial score (nSPS) is 10.9. The Kier molecular flexibility index (Phi) is 4.33. The van der Waals surface area contributed by atoms with Gasteiger partial charge in [-0.3, -0.25) is 0 Å². The predicted octanol–water partition coefficient (Wildman–Crippen LogP) is 4.16. The van der Waals surface area contributed by atoms with Crippen molar-refractivity contribution in [1.82, 2.24) is 15.0 Å². The van der Waals surface area contributed by atoms with Crippen molar-refractivity contribution in [2.75, 3.05) is 11.1 Å². The van der Waals surface area contributed by atoms with Crippen LogP contribution in [-0.2, 0) is 6.54 Å². The second kappa shape index (κ2) is 6.95. The van der Waals surface area contributed by atoms with Gasteiger partial charge in [-0.25, -0.2) is 18.7 Å². The van der Waals surface area contributed by atoms with E-state index < -0.39 is 0 Å². The van der Waals surface area contributed by atoms with Crippen molar-refractivity contribution in [3.8, 4) is 11.3 Å². The van der Waals surface area contributed by atoms with E-state index >= 15 is 0 Å².